The van der Waals surface area contributed by atoms with E-state index in [0.29, 0.717) is 6.42 Å². The molecule has 1 rings (SSSR count). The average Bonchev–Trinajstić information content (AvgIpc) is 2.48. The molecule has 0 radical (unpaired) electrons. The molecule has 1 aliphatic rings. The van der Waals surface area contributed by atoms with Gasteiger partial charge in [-0.05, 0) is 6.92 Å². The molecule has 0 spiro atoms. The van der Waals surface area contributed by atoms with Crippen molar-refractivity contribution >= 4 is 5.78 Å². The molecule has 2 nitrogen and oxygen atoms in total. The zero-order valence-corrected chi connectivity index (χ0v) is 5.44. The van der Waals surface area contributed by atoms with Crippen LogP contribution in [-0.2, 0) is 9.53 Å². The van der Waals surface area contributed by atoms with Gasteiger partial charge in [0, 0.05) is 6.42 Å². The Balaban J connectivity index is 0.000000135. The SMILES string of the molecule is C1CO1.CCC(C)=O. The molecule has 0 saturated carbocycles. The van der Waals surface area contributed by atoms with Crippen LogP contribution in [-0.4, -0.2) is 19.0 Å². The van der Waals surface area contributed by atoms with E-state index in [-0.39, 0.29) is 5.78 Å². The first-order chi connectivity index (χ1) is 3.77. The van der Waals surface area contributed by atoms with E-state index in [0.717, 1.165) is 13.2 Å². The van der Waals surface area contributed by atoms with Gasteiger partial charge < -0.3 is 9.53 Å². The second-order valence-electron chi connectivity index (χ2n) is 1.67. The fraction of sp³-hybridized carbons (Fsp3) is 0.833. The zero-order valence-electron chi connectivity index (χ0n) is 5.44. The molecule has 1 fully saturated rings. The van der Waals surface area contributed by atoms with Gasteiger partial charge in [0.05, 0.1) is 13.2 Å². The first-order valence-corrected chi connectivity index (χ1v) is 2.84. The standard InChI is InChI=1S/C4H8O.C2H4O/c1-3-4(2)5;1-2-3-1/h3H2,1-2H3;1-2H2. The Kier molecular flexibility index (Phi) is 4.56. The topological polar surface area (TPSA) is 29.6 Å². The van der Waals surface area contributed by atoms with E-state index in [1.54, 1.807) is 6.92 Å². The molecule has 0 N–H and O–H groups in total. The number of epoxide rings is 1. The van der Waals surface area contributed by atoms with E-state index >= 15 is 0 Å². The Bertz CT molecular complexity index is 64.2. The van der Waals surface area contributed by atoms with E-state index in [9.17, 15) is 4.79 Å². The summed E-state index contributed by atoms with van der Waals surface area (Å²) in [4.78, 5) is 9.81. The summed E-state index contributed by atoms with van der Waals surface area (Å²) in [6, 6.07) is 0. The summed E-state index contributed by atoms with van der Waals surface area (Å²) in [5.41, 5.74) is 0. The molecule has 0 atom stereocenters. The van der Waals surface area contributed by atoms with Crippen molar-refractivity contribution in [2.45, 2.75) is 20.3 Å². The van der Waals surface area contributed by atoms with Gasteiger partial charge in [-0.15, -0.1) is 0 Å². The van der Waals surface area contributed by atoms with Crippen molar-refractivity contribution in [1.29, 1.82) is 0 Å². The highest BCUT2D eigenvalue weighted by Gasteiger charge is 1.94. The maximum Gasteiger partial charge on any atom is 0.129 e. The van der Waals surface area contributed by atoms with Crippen molar-refractivity contribution in [3.8, 4) is 0 Å². The summed E-state index contributed by atoms with van der Waals surface area (Å²) in [6.45, 7) is 5.43. The summed E-state index contributed by atoms with van der Waals surface area (Å²) >= 11 is 0. The van der Waals surface area contributed by atoms with Gasteiger partial charge >= 0.3 is 0 Å². The quantitative estimate of drug-likeness (QED) is 0.478. The van der Waals surface area contributed by atoms with Gasteiger partial charge in [0.25, 0.3) is 0 Å². The molecule has 0 bridgehead atoms. The van der Waals surface area contributed by atoms with Gasteiger partial charge in [0.15, 0.2) is 0 Å². The van der Waals surface area contributed by atoms with E-state index < -0.39 is 0 Å². The third-order valence-corrected chi connectivity index (χ3v) is 0.702. The highest BCUT2D eigenvalue weighted by atomic mass is 16.6. The van der Waals surface area contributed by atoms with Crippen LogP contribution in [0.2, 0.25) is 0 Å². The summed E-state index contributed by atoms with van der Waals surface area (Å²) in [5.74, 6) is 0.255. The minimum atomic E-state index is 0.255. The molecule has 2 heteroatoms. The van der Waals surface area contributed by atoms with Crippen molar-refractivity contribution in [2.75, 3.05) is 13.2 Å². The van der Waals surface area contributed by atoms with Crippen molar-refractivity contribution in [3.63, 3.8) is 0 Å². The first-order valence-electron chi connectivity index (χ1n) is 2.84. The van der Waals surface area contributed by atoms with Crippen LogP contribution in [0.15, 0.2) is 0 Å². The van der Waals surface area contributed by atoms with Gasteiger partial charge in [-0.3, -0.25) is 0 Å². The lowest BCUT2D eigenvalue weighted by atomic mass is 10.4. The lowest BCUT2D eigenvalue weighted by molar-refractivity contribution is -0.116. The molecule has 0 aromatic carbocycles. The fourth-order valence-electron chi connectivity index (χ4n) is 0. The van der Waals surface area contributed by atoms with Gasteiger partial charge in [-0.25, -0.2) is 0 Å². The van der Waals surface area contributed by atoms with Crippen molar-refractivity contribution < 1.29 is 9.53 Å². The molecule has 0 aliphatic carbocycles. The molecular weight excluding hydrogens is 104 g/mol. The number of carbonyl (C=O) groups is 1. The molecule has 48 valence electrons. The molecule has 0 unspecified atom stereocenters. The van der Waals surface area contributed by atoms with Crippen LogP contribution in [0.4, 0.5) is 0 Å². The summed E-state index contributed by atoms with van der Waals surface area (Å²) in [6.07, 6.45) is 0.667. The van der Waals surface area contributed by atoms with Crippen LogP contribution in [0.5, 0.6) is 0 Å². The molecule has 8 heavy (non-hydrogen) atoms. The second kappa shape index (κ2) is 4.78. The highest BCUT2D eigenvalue weighted by Crippen LogP contribution is 1.84. The number of rotatable bonds is 1. The molecule has 0 aromatic heterocycles. The van der Waals surface area contributed by atoms with Crippen molar-refractivity contribution in [1.82, 2.24) is 0 Å². The van der Waals surface area contributed by atoms with Crippen LogP contribution < -0.4 is 0 Å². The van der Waals surface area contributed by atoms with Crippen LogP contribution in [0.25, 0.3) is 0 Å². The van der Waals surface area contributed by atoms with Crippen LogP contribution in [0, 0.1) is 0 Å². The third kappa shape index (κ3) is 17.4. The lowest BCUT2D eigenvalue weighted by Gasteiger charge is -1.71. The summed E-state index contributed by atoms with van der Waals surface area (Å²) in [5, 5.41) is 0. The van der Waals surface area contributed by atoms with E-state index in [4.69, 9.17) is 0 Å². The van der Waals surface area contributed by atoms with E-state index in [2.05, 4.69) is 4.74 Å². The number of Topliss-reactive ketones (excluding diaryl/α,β-unsaturated/α-hetero) is 1. The van der Waals surface area contributed by atoms with Crippen LogP contribution in [0.3, 0.4) is 0 Å². The predicted octanol–water partition coefficient (Wildman–Crippen LogP) is 1.00. The lowest BCUT2D eigenvalue weighted by Crippen LogP contribution is -1.80. The van der Waals surface area contributed by atoms with E-state index in [1.807, 2.05) is 6.92 Å². The monoisotopic (exact) mass is 116 g/mol. The Morgan fingerprint density at radius 2 is 1.88 bits per heavy atom. The van der Waals surface area contributed by atoms with Crippen LogP contribution >= 0.6 is 0 Å². The van der Waals surface area contributed by atoms with Gasteiger partial charge in [0.2, 0.25) is 0 Å². The third-order valence-electron chi connectivity index (χ3n) is 0.702. The minimum absolute atomic E-state index is 0.255. The van der Waals surface area contributed by atoms with Gasteiger partial charge in [-0.2, -0.15) is 0 Å². The Labute approximate surface area is 49.8 Å². The maximum atomic E-state index is 9.81. The van der Waals surface area contributed by atoms with E-state index in [1.165, 1.54) is 0 Å². The number of ether oxygens (including phenoxy) is 1. The number of hydrogen-bond acceptors (Lipinski definition) is 2. The predicted molar refractivity (Wildman–Crippen MR) is 31.8 cm³/mol. The molecule has 1 heterocycles. The fourth-order valence-corrected chi connectivity index (χ4v) is 0. The first kappa shape index (κ1) is 7.63. The number of hydrogen-bond donors (Lipinski definition) is 0. The summed E-state index contributed by atoms with van der Waals surface area (Å²) in [7, 11) is 0. The second-order valence-corrected chi connectivity index (χ2v) is 1.67. The Morgan fingerprint density at radius 1 is 1.62 bits per heavy atom. The van der Waals surface area contributed by atoms with Gasteiger partial charge in [-0.1, -0.05) is 6.92 Å². The molecule has 1 saturated heterocycles. The largest absolute Gasteiger partial charge is 0.377 e. The number of carbonyl (C=O) groups excluding carboxylic acids is 1. The molecular formula is C6H12O2. The molecule has 1 aliphatic heterocycles. The Hall–Kier alpha value is -0.370. The van der Waals surface area contributed by atoms with Crippen molar-refractivity contribution in [2.24, 2.45) is 0 Å². The highest BCUT2D eigenvalue weighted by molar-refractivity contribution is 5.74. The molecule has 0 amide bonds. The minimum Gasteiger partial charge on any atom is -0.377 e. The molecule has 0 aromatic rings. The van der Waals surface area contributed by atoms with Gasteiger partial charge in [0.1, 0.15) is 5.78 Å². The number of ketones is 1. The van der Waals surface area contributed by atoms with Crippen LogP contribution in [0.1, 0.15) is 20.3 Å². The normalized spacial score (nSPS) is 13.8. The summed E-state index contributed by atoms with van der Waals surface area (Å²) < 4.78 is 4.50. The van der Waals surface area contributed by atoms with Crippen molar-refractivity contribution in [3.05, 3.63) is 0 Å². The zero-order chi connectivity index (χ0) is 6.41. The Morgan fingerprint density at radius 3 is 1.88 bits per heavy atom. The average molecular weight is 116 g/mol. The smallest absolute Gasteiger partial charge is 0.129 e. The maximum absolute atomic E-state index is 9.81.